The monoisotopic (exact) mass is 411 g/mol. The van der Waals surface area contributed by atoms with Crippen LogP contribution >= 0.6 is 22.9 Å². The summed E-state index contributed by atoms with van der Waals surface area (Å²) in [5.41, 5.74) is 0.680. The van der Waals surface area contributed by atoms with Gasteiger partial charge in [0.15, 0.2) is 5.13 Å². The van der Waals surface area contributed by atoms with Gasteiger partial charge in [0.05, 0.1) is 16.1 Å². The fraction of sp³-hybridized carbons (Fsp3) is 0.133. The van der Waals surface area contributed by atoms with Gasteiger partial charge in [-0.05, 0) is 31.2 Å². The zero-order valence-electron chi connectivity index (χ0n) is 13.5. The molecule has 0 aliphatic rings. The largest absolute Gasteiger partial charge is 0.321 e. The molecule has 136 valence electrons. The number of rotatable bonds is 6. The number of anilines is 2. The number of amides is 1. The first kappa shape index (κ1) is 18.4. The first-order valence-corrected chi connectivity index (χ1v) is 10.2. The molecule has 2 N–H and O–H groups in total. The van der Waals surface area contributed by atoms with E-state index in [1.807, 2.05) is 6.92 Å². The van der Waals surface area contributed by atoms with Crippen LogP contribution in [0.1, 0.15) is 17.4 Å². The van der Waals surface area contributed by atoms with Gasteiger partial charge >= 0.3 is 0 Å². The summed E-state index contributed by atoms with van der Waals surface area (Å²) in [7, 11) is -3.74. The molecule has 8 nitrogen and oxygen atoms in total. The molecule has 3 rings (SSSR count). The Balaban J connectivity index is 1.75. The first-order chi connectivity index (χ1) is 12.4. The number of aromatic nitrogens is 3. The zero-order chi connectivity index (χ0) is 18.7. The highest BCUT2D eigenvalue weighted by Crippen LogP contribution is 2.21. The number of aryl methyl sites for hydroxylation is 1. The van der Waals surface area contributed by atoms with E-state index in [1.165, 1.54) is 52.7 Å². The summed E-state index contributed by atoms with van der Waals surface area (Å²) >= 11 is 7.18. The SMILES string of the molecule is CCn1ncc(Cl)c1C(=O)Nc1ccc(S(=O)(=O)Nc2nccs2)cc1. The molecule has 2 aromatic heterocycles. The van der Waals surface area contributed by atoms with E-state index >= 15 is 0 Å². The van der Waals surface area contributed by atoms with E-state index in [4.69, 9.17) is 11.6 Å². The van der Waals surface area contributed by atoms with Crippen LogP contribution in [0.25, 0.3) is 0 Å². The Morgan fingerprint density at radius 2 is 2.04 bits per heavy atom. The van der Waals surface area contributed by atoms with E-state index in [0.717, 1.165) is 0 Å². The van der Waals surface area contributed by atoms with Gasteiger partial charge in [0, 0.05) is 23.8 Å². The second kappa shape index (κ2) is 7.44. The molecule has 1 amide bonds. The van der Waals surface area contributed by atoms with Crippen LogP contribution in [0.3, 0.4) is 0 Å². The molecule has 2 heterocycles. The van der Waals surface area contributed by atoms with Crippen molar-refractivity contribution in [3.63, 3.8) is 0 Å². The highest BCUT2D eigenvalue weighted by molar-refractivity contribution is 7.93. The van der Waals surface area contributed by atoms with Crippen molar-refractivity contribution in [2.45, 2.75) is 18.4 Å². The minimum absolute atomic E-state index is 0.0577. The van der Waals surface area contributed by atoms with Crippen molar-refractivity contribution in [2.24, 2.45) is 0 Å². The average molecular weight is 412 g/mol. The van der Waals surface area contributed by atoms with E-state index in [2.05, 4.69) is 20.1 Å². The number of hydrogen-bond acceptors (Lipinski definition) is 6. The third-order valence-electron chi connectivity index (χ3n) is 3.39. The Labute approximate surface area is 158 Å². The quantitative estimate of drug-likeness (QED) is 0.648. The van der Waals surface area contributed by atoms with Crippen LogP contribution in [0, 0.1) is 0 Å². The minimum Gasteiger partial charge on any atom is -0.321 e. The average Bonchev–Trinajstić information content (AvgIpc) is 3.24. The number of sulfonamides is 1. The minimum atomic E-state index is -3.74. The number of nitrogens with zero attached hydrogens (tertiary/aromatic N) is 3. The number of hydrogen-bond donors (Lipinski definition) is 2. The lowest BCUT2D eigenvalue weighted by atomic mass is 10.3. The highest BCUT2D eigenvalue weighted by atomic mass is 35.5. The van der Waals surface area contributed by atoms with Crippen LogP contribution in [0.5, 0.6) is 0 Å². The summed E-state index contributed by atoms with van der Waals surface area (Å²) in [5, 5.41) is 8.88. The Morgan fingerprint density at radius 1 is 1.31 bits per heavy atom. The Morgan fingerprint density at radius 3 is 2.65 bits per heavy atom. The molecule has 0 bridgehead atoms. The summed E-state index contributed by atoms with van der Waals surface area (Å²) in [4.78, 5) is 16.3. The number of thiazole rings is 1. The number of carbonyl (C=O) groups excluding carboxylic acids is 1. The molecule has 0 aliphatic carbocycles. The van der Waals surface area contributed by atoms with Gasteiger partial charge in [-0.2, -0.15) is 5.10 Å². The predicted octanol–water partition coefficient (Wildman–Crippen LogP) is 3.07. The van der Waals surface area contributed by atoms with Crippen molar-refractivity contribution < 1.29 is 13.2 Å². The van der Waals surface area contributed by atoms with Crippen LogP contribution in [0.15, 0.2) is 46.9 Å². The molecule has 0 unspecified atom stereocenters. The molecule has 0 atom stereocenters. The van der Waals surface area contributed by atoms with E-state index in [-0.39, 0.29) is 20.7 Å². The number of carbonyl (C=O) groups is 1. The van der Waals surface area contributed by atoms with Crippen molar-refractivity contribution in [3.8, 4) is 0 Å². The predicted molar refractivity (Wildman–Crippen MR) is 100 cm³/mol. The van der Waals surface area contributed by atoms with Gasteiger partial charge in [-0.15, -0.1) is 11.3 Å². The van der Waals surface area contributed by atoms with Gasteiger partial charge in [-0.1, -0.05) is 11.6 Å². The van der Waals surface area contributed by atoms with Crippen LogP contribution in [0.2, 0.25) is 5.02 Å². The Hall–Kier alpha value is -2.43. The van der Waals surface area contributed by atoms with E-state index < -0.39 is 15.9 Å². The van der Waals surface area contributed by atoms with Crippen LogP contribution in [-0.4, -0.2) is 29.1 Å². The van der Waals surface area contributed by atoms with Crippen molar-refractivity contribution in [1.29, 1.82) is 0 Å². The highest BCUT2D eigenvalue weighted by Gasteiger charge is 2.18. The lowest BCUT2D eigenvalue weighted by Gasteiger charge is -2.09. The molecule has 1 aromatic carbocycles. The second-order valence-corrected chi connectivity index (χ2v) is 8.06. The third-order valence-corrected chi connectivity index (χ3v) is 5.84. The number of nitrogens with one attached hydrogen (secondary N) is 2. The second-order valence-electron chi connectivity index (χ2n) is 5.08. The number of benzene rings is 1. The van der Waals surface area contributed by atoms with Crippen LogP contribution < -0.4 is 10.0 Å². The summed E-state index contributed by atoms with van der Waals surface area (Å²) in [6.45, 7) is 2.34. The van der Waals surface area contributed by atoms with Gasteiger partial charge in [-0.25, -0.2) is 13.4 Å². The fourth-order valence-electron chi connectivity index (χ4n) is 2.18. The molecule has 26 heavy (non-hydrogen) atoms. The lowest BCUT2D eigenvalue weighted by molar-refractivity contribution is 0.101. The standard InChI is InChI=1S/C15H14ClN5O3S2/c1-2-21-13(12(16)9-18-21)14(22)19-10-3-5-11(6-4-10)26(23,24)20-15-17-7-8-25-15/h3-9H,2H2,1H3,(H,17,20)(H,19,22). The van der Waals surface area contributed by atoms with Gasteiger partial charge < -0.3 is 5.32 Å². The summed E-state index contributed by atoms with van der Waals surface area (Å²) < 4.78 is 28.4. The third kappa shape index (κ3) is 3.87. The lowest BCUT2D eigenvalue weighted by Crippen LogP contribution is -2.18. The normalized spacial score (nSPS) is 11.3. The molecule has 0 spiro atoms. The van der Waals surface area contributed by atoms with Crippen molar-refractivity contribution in [3.05, 3.63) is 52.8 Å². The molecule has 0 aliphatic heterocycles. The molecular weight excluding hydrogens is 398 g/mol. The molecule has 3 aromatic rings. The van der Waals surface area contributed by atoms with E-state index in [1.54, 1.807) is 5.38 Å². The van der Waals surface area contributed by atoms with E-state index in [0.29, 0.717) is 12.2 Å². The zero-order valence-corrected chi connectivity index (χ0v) is 15.9. The van der Waals surface area contributed by atoms with E-state index in [9.17, 15) is 13.2 Å². The fourth-order valence-corrected chi connectivity index (χ4v) is 4.20. The summed E-state index contributed by atoms with van der Waals surface area (Å²) in [6, 6.07) is 5.78. The van der Waals surface area contributed by atoms with Crippen molar-refractivity contribution in [1.82, 2.24) is 14.8 Å². The topological polar surface area (TPSA) is 106 Å². The van der Waals surface area contributed by atoms with Gasteiger partial charge in [0.25, 0.3) is 15.9 Å². The maximum atomic E-state index is 12.4. The smallest absolute Gasteiger partial charge is 0.275 e. The molecular formula is C15H14ClN5O3S2. The summed E-state index contributed by atoms with van der Waals surface area (Å²) in [6.07, 6.45) is 2.91. The van der Waals surface area contributed by atoms with Crippen LogP contribution in [0.4, 0.5) is 10.8 Å². The number of halogens is 1. The molecule has 0 radical (unpaired) electrons. The molecule has 11 heteroatoms. The Kier molecular flexibility index (Phi) is 5.25. The van der Waals surface area contributed by atoms with Crippen molar-refractivity contribution in [2.75, 3.05) is 10.0 Å². The molecule has 0 saturated heterocycles. The maximum absolute atomic E-state index is 12.4. The first-order valence-electron chi connectivity index (χ1n) is 7.45. The van der Waals surface area contributed by atoms with Crippen molar-refractivity contribution >= 4 is 49.7 Å². The van der Waals surface area contributed by atoms with Gasteiger partial charge in [0.1, 0.15) is 5.69 Å². The Bertz CT molecular complexity index is 1010. The molecule has 0 saturated carbocycles. The summed E-state index contributed by atoms with van der Waals surface area (Å²) in [5.74, 6) is -0.425. The van der Waals surface area contributed by atoms with Gasteiger partial charge in [-0.3, -0.25) is 14.2 Å². The molecule has 0 fully saturated rings. The van der Waals surface area contributed by atoms with Gasteiger partial charge in [0.2, 0.25) is 0 Å². The maximum Gasteiger partial charge on any atom is 0.275 e. The van der Waals surface area contributed by atoms with Crippen LogP contribution in [-0.2, 0) is 16.6 Å².